The van der Waals surface area contributed by atoms with Crippen LogP contribution in [-0.4, -0.2) is 0 Å². The minimum atomic E-state index is 0.635. The molecule has 0 spiro atoms. The second-order valence-corrected chi connectivity index (χ2v) is 5.82. The van der Waals surface area contributed by atoms with Crippen LogP contribution in [0.2, 0.25) is 0 Å². The Morgan fingerprint density at radius 3 is 2.25 bits per heavy atom. The van der Waals surface area contributed by atoms with Crippen molar-refractivity contribution in [3.8, 4) is 11.3 Å². The topological polar surface area (TPSA) is 25.5 Å². The highest BCUT2D eigenvalue weighted by Crippen LogP contribution is 2.22. The molecule has 24 heavy (non-hydrogen) atoms. The summed E-state index contributed by atoms with van der Waals surface area (Å²) in [5.74, 6) is 0.820. The highest BCUT2D eigenvalue weighted by atomic mass is 16.3. The fourth-order valence-electron chi connectivity index (χ4n) is 2.71. The quantitative estimate of drug-likeness (QED) is 0.470. The fraction of sp³-hybridized carbons (Fsp3) is 0.0455. The van der Waals surface area contributed by atoms with Gasteiger partial charge in [-0.3, -0.25) is 0 Å². The van der Waals surface area contributed by atoms with Gasteiger partial charge in [-0.05, 0) is 36.6 Å². The van der Waals surface area contributed by atoms with Gasteiger partial charge in [-0.15, -0.1) is 0 Å². The summed E-state index contributed by atoms with van der Waals surface area (Å²) in [5, 5.41) is 2.13. The largest absolute Gasteiger partial charge is 0.438 e. The van der Waals surface area contributed by atoms with E-state index in [9.17, 15) is 0 Å². The second kappa shape index (κ2) is 6.17. The van der Waals surface area contributed by atoms with Crippen LogP contribution in [-0.2, 0) is 0 Å². The predicted octanol–water partition coefficient (Wildman–Crippen LogP) is 5.64. The Morgan fingerprint density at radius 1 is 0.750 bits per heavy atom. The molecule has 0 fully saturated rings. The standard InChI is InChI=1S/C22H17NO/c1-16-11-13-19(14-12-16)23-22-20-10-6-5-9-18(20)15-21(24-22)17-7-3-2-4-8-17/h2-15H,1H3. The third-order valence-corrected chi connectivity index (χ3v) is 4.01. The number of hydrogen-bond donors (Lipinski definition) is 0. The van der Waals surface area contributed by atoms with Gasteiger partial charge in [0.1, 0.15) is 5.76 Å². The normalized spacial score (nSPS) is 11.8. The van der Waals surface area contributed by atoms with Crippen molar-refractivity contribution in [1.82, 2.24) is 0 Å². The van der Waals surface area contributed by atoms with E-state index in [2.05, 4.69) is 31.2 Å². The molecule has 116 valence electrons. The molecule has 0 aliphatic rings. The Kier molecular flexibility index (Phi) is 3.72. The van der Waals surface area contributed by atoms with E-state index >= 15 is 0 Å². The Bertz CT molecular complexity index is 1040. The van der Waals surface area contributed by atoms with E-state index in [0.717, 1.165) is 27.8 Å². The number of nitrogens with zero attached hydrogens (tertiary/aromatic N) is 1. The highest BCUT2D eigenvalue weighted by molar-refractivity contribution is 5.84. The number of hydrogen-bond acceptors (Lipinski definition) is 2. The average Bonchev–Trinajstić information content (AvgIpc) is 2.64. The fourth-order valence-corrected chi connectivity index (χ4v) is 2.71. The molecule has 2 heteroatoms. The number of aryl methyl sites for hydroxylation is 1. The summed E-state index contributed by atoms with van der Waals surface area (Å²) in [4.78, 5) is 4.73. The summed E-state index contributed by atoms with van der Waals surface area (Å²) in [6, 6.07) is 28.5. The molecular formula is C22H17NO. The second-order valence-electron chi connectivity index (χ2n) is 5.82. The molecular weight excluding hydrogens is 294 g/mol. The van der Waals surface area contributed by atoms with Gasteiger partial charge in [-0.25, -0.2) is 4.99 Å². The van der Waals surface area contributed by atoms with Gasteiger partial charge in [0.2, 0.25) is 5.55 Å². The average molecular weight is 311 g/mol. The van der Waals surface area contributed by atoms with E-state index in [1.807, 2.05) is 60.7 Å². The molecule has 0 saturated carbocycles. The van der Waals surface area contributed by atoms with E-state index in [4.69, 9.17) is 9.41 Å². The summed E-state index contributed by atoms with van der Waals surface area (Å²) in [5.41, 5.74) is 3.79. The molecule has 1 heterocycles. The first kappa shape index (κ1) is 14.5. The number of fused-ring (bicyclic) bond motifs is 1. The Balaban J connectivity index is 1.98. The van der Waals surface area contributed by atoms with E-state index in [-0.39, 0.29) is 0 Å². The first-order valence-electron chi connectivity index (χ1n) is 7.99. The highest BCUT2D eigenvalue weighted by Gasteiger charge is 2.05. The van der Waals surface area contributed by atoms with Gasteiger partial charge in [-0.2, -0.15) is 0 Å². The molecule has 0 radical (unpaired) electrons. The van der Waals surface area contributed by atoms with Gasteiger partial charge in [-0.1, -0.05) is 66.2 Å². The van der Waals surface area contributed by atoms with Crippen molar-refractivity contribution in [1.29, 1.82) is 0 Å². The summed E-state index contributed by atoms with van der Waals surface area (Å²) in [7, 11) is 0. The van der Waals surface area contributed by atoms with Gasteiger partial charge in [0.05, 0.1) is 5.69 Å². The number of rotatable bonds is 2. The van der Waals surface area contributed by atoms with Gasteiger partial charge in [0.15, 0.2) is 0 Å². The van der Waals surface area contributed by atoms with Crippen LogP contribution in [0.4, 0.5) is 5.69 Å². The Labute approximate surface area is 140 Å². The van der Waals surface area contributed by atoms with Crippen LogP contribution in [0.25, 0.3) is 22.1 Å². The number of benzene rings is 3. The lowest BCUT2D eigenvalue weighted by atomic mass is 10.1. The predicted molar refractivity (Wildman–Crippen MR) is 98.1 cm³/mol. The van der Waals surface area contributed by atoms with Crippen molar-refractivity contribution in [3.63, 3.8) is 0 Å². The lowest BCUT2D eigenvalue weighted by molar-refractivity contribution is 0.520. The van der Waals surface area contributed by atoms with E-state index in [0.29, 0.717) is 5.55 Å². The van der Waals surface area contributed by atoms with Crippen molar-refractivity contribution >= 4 is 16.5 Å². The molecule has 1 aromatic heterocycles. The van der Waals surface area contributed by atoms with Gasteiger partial charge in [0, 0.05) is 10.9 Å². The Morgan fingerprint density at radius 2 is 1.46 bits per heavy atom. The summed E-state index contributed by atoms with van der Waals surface area (Å²) in [6.45, 7) is 2.07. The molecule has 0 bridgehead atoms. The van der Waals surface area contributed by atoms with Crippen molar-refractivity contribution < 1.29 is 4.42 Å². The maximum absolute atomic E-state index is 6.14. The minimum Gasteiger partial charge on any atom is -0.438 e. The molecule has 3 aromatic carbocycles. The van der Waals surface area contributed by atoms with E-state index in [1.165, 1.54) is 5.56 Å². The van der Waals surface area contributed by atoms with Crippen molar-refractivity contribution in [3.05, 3.63) is 96.0 Å². The molecule has 0 amide bonds. The molecule has 0 unspecified atom stereocenters. The van der Waals surface area contributed by atoms with Gasteiger partial charge >= 0.3 is 0 Å². The van der Waals surface area contributed by atoms with Crippen LogP contribution in [0.3, 0.4) is 0 Å². The molecule has 0 aliphatic carbocycles. The monoisotopic (exact) mass is 311 g/mol. The molecule has 0 aliphatic heterocycles. The smallest absolute Gasteiger partial charge is 0.227 e. The third-order valence-electron chi connectivity index (χ3n) is 4.01. The van der Waals surface area contributed by atoms with Crippen molar-refractivity contribution in [2.75, 3.05) is 0 Å². The van der Waals surface area contributed by atoms with E-state index < -0.39 is 0 Å². The van der Waals surface area contributed by atoms with Crippen molar-refractivity contribution in [2.24, 2.45) is 4.99 Å². The molecule has 0 N–H and O–H groups in total. The Hall–Kier alpha value is -3.13. The lowest BCUT2D eigenvalue weighted by Crippen LogP contribution is -2.02. The molecule has 0 saturated heterocycles. The van der Waals surface area contributed by atoms with E-state index in [1.54, 1.807) is 0 Å². The van der Waals surface area contributed by atoms with Gasteiger partial charge in [0.25, 0.3) is 0 Å². The molecule has 2 nitrogen and oxygen atoms in total. The van der Waals surface area contributed by atoms with Crippen LogP contribution in [0.1, 0.15) is 5.56 Å². The van der Waals surface area contributed by atoms with Crippen LogP contribution in [0, 0.1) is 6.92 Å². The lowest BCUT2D eigenvalue weighted by Gasteiger charge is -2.04. The van der Waals surface area contributed by atoms with Gasteiger partial charge < -0.3 is 4.42 Å². The summed E-state index contributed by atoms with van der Waals surface area (Å²) in [6.07, 6.45) is 0. The zero-order chi connectivity index (χ0) is 16.4. The maximum atomic E-state index is 6.14. The SMILES string of the molecule is Cc1ccc(N=c2oc(-c3ccccc3)cc3ccccc23)cc1. The molecule has 4 rings (SSSR count). The maximum Gasteiger partial charge on any atom is 0.227 e. The van der Waals surface area contributed by atoms with Crippen LogP contribution in [0.5, 0.6) is 0 Å². The van der Waals surface area contributed by atoms with Crippen LogP contribution < -0.4 is 5.55 Å². The first-order chi connectivity index (χ1) is 11.8. The first-order valence-corrected chi connectivity index (χ1v) is 7.99. The van der Waals surface area contributed by atoms with Crippen molar-refractivity contribution in [2.45, 2.75) is 6.92 Å². The molecule has 4 aromatic rings. The summed E-state index contributed by atoms with van der Waals surface area (Å²) < 4.78 is 6.14. The van der Waals surface area contributed by atoms with Crippen LogP contribution in [0.15, 0.2) is 94.3 Å². The third kappa shape index (κ3) is 2.86. The zero-order valence-corrected chi connectivity index (χ0v) is 13.4. The summed E-state index contributed by atoms with van der Waals surface area (Å²) >= 11 is 0. The van der Waals surface area contributed by atoms with Crippen LogP contribution >= 0.6 is 0 Å². The minimum absolute atomic E-state index is 0.635. The molecule has 0 atom stereocenters. The zero-order valence-electron chi connectivity index (χ0n) is 13.4.